The maximum atomic E-state index is 10.2. The van der Waals surface area contributed by atoms with E-state index < -0.39 is 18.3 Å². The largest absolute Gasteiger partial charge is 0.504 e. The van der Waals surface area contributed by atoms with E-state index in [2.05, 4.69) is 13.2 Å². The van der Waals surface area contributed by atoms with Gasteiger partial charge in [-0.25, -0.2) is 0 Å². The first-order valence-electron chi connectivity index (χ1n) is 7.94. The molecule has 0 aromatic heterocycles. The molecule has 24 heavy (non-hydrogen) atoms. The Hall–Kier alpha value is -1.98. The normalized spacial score (nSPS) is 18.8. The van der Waals surface area contributed by atoms with Crippen LogP contribution in [-0.2, 0) is 9.31 Å². The van der Waals surface area contributed by atoms with Gasteiger partial charge in [0.15, 0.2) is 11.5 Å². The summed E-state index contributed by atoms with van der Waals surface area (Å²) in [6, 6.07) is 5.15. The summed E-state index contributed by atoms with van der Waals surface area (Å²) in [6.07, 6.45) is 5.26. The lowest BCUT2D eigenvalue weighted by Crippen LogP contribution is -2.41. The van der Waals surface area contributed by atoms with Crippen molar-refractivity contribution in [1.82, 2.24) is 0 Å². The number of allylic oxidation sites excluding steroid dienone is 2. The summed E-state index contributed by atoms with van der Waals surface area (Å²) in [6.45, 7) is 15.7. The minimum atomic E-state index is -0.513. The third-order valence-electron chi connectivity index (χ3n) is 4.39. The second-order valence-corrected chi connectivity index (χ2v) is 6.86. The third kappa shape index (κ3) is 3.92. The van der Waals surface area contributed by atoms with Gasteiger partial charge in [-0.05, 0) is 50.9 Å². The van der Waals surface area contributed by atoms with Crippen LogP contribution in [0.2, 0.25) is 0 Å². The number of aromatic hydroxyl groups is 1. The molecule has 2 rings (SSSR count). The monoisotopic (exact) mass is 328 g/mol. The van der Waals surface area contributed by atoms with Crippen molar-refractivity contribution in [3.8, 4) is 11.5 Å². The lowest BCUT2D eigenvalue weighted by Gasteiger charge is -2.32. The van der Waals surface area contributed by atoms with E-state index in [1.165, 1.54) is 0 Å². The van der Waals surface area contributed by atoms with Gasteiger partial charge in [0, 0.05) is 0 Å². The van der Waals surface area contributed by atoms with E-state index in [0.717, 1.165) is 11.0 Å². The fourth-order valence-corrected chi connectivity index (χ4v) is 2.20. The molecule has 128 valence electrons. The molecule has 1 saturated heterocycles. The van der Waals surface area contributed by atoms with Gasteiger partial charge in [-0.2, -0.15) is 0 Å². The Kier molecular flexibility index (Phi) is 5.26. The third-order valence-corrected chi connectivity index (χ3v) is 4.39. The van der Waals surface area contributed by atoms with Gasteiger partial charge in [-0.1, -0.05) is 37.5 Å². The van der Waals surface area contributed by atoms with E-state index in [-0.39, 0.29) is 12.4 Å². The number of phenols is 1. The predicted molar refractivity (Wildman–Crippen MR) is 97.8 cm³/mol. The molecule has 1 aromatic rings. The summed E-state index contributed by atoms with van der Waals surface area (Å²) < 4.78 is 17.5. The number of hydrogen-bond donors (Lipinski definition) is 1. The molecule has 1 aliphatic rings. The zero-order valence-electron chi connectivity index (χ0n) is 14.8. The predicted octanol–water partition coefficient (Wildman–Crippen LogP) is 3.37. The summed E-state index contributed by atoms with van der Waals surface area (Å²) in [5, 5.41) is 10.2. The van der Waals surface area contributed by atoms with Crippen molar-refractivity contribution in [3.05, 3.63) is 55.2 Å². The number of hydrogen-bond acceptors (Lipinski definition) is 4. The molecule has 0 amide bonds. The van der Waals surface area contributed by atoms with Crippen molar-refractivity contribution in [1.29, 1.82) is 0 Å². The Bertz CT molecular complexity index is 645. The summed E-state index contributed by atoms with van der Waals surface area (Å²) in [7, 11) is -0.513. The highest BCUT2D eigenvalue weighted by molar-refractivity contribution is 6.62. The molecule has 0 saturated carbocycles. The van der Waals surface area contributed by atoms with E-state index >= 15 is 0 Å². The van der Waals surface area contributed by atoms with Crippen molar-refractivity contribution in [2.45, 2.75) is 38.9 Å². The SMILES string of the molecule is C=C/C=C\C(=C)COc1ccc(B2OC(C)(C)C(C)(C)O2)cc1O. The quantitative estimate of drug-likeness (QED) is 0.642. The van der Waals surface area contributed by atoms with Crippen LogP contribution in [0.3, 0.4) is 0 Å². The number of rotatable bonds is 6. The van der Waals surface area contributed by atoms with Gasteiger partial charge in [0.05, 0.1) is 11.2 Å². The molecule has 0 atom stereocenters. The number of benzene rings is 1. The van der Waals surface area contributed by atoms with Crippen LogP contribution in [0.5, 0.6) is 11.5 Å². The van der Waals surface area contributed by atoms with E-state index in [1.54, 1.807) is 24.3 Å². The van der Waals surface area contributed by atoms with Crippen molar-refractivity contribution in [2.24, 2.45) is 0 Å². The molecule has 0 unspecified atom stereocenters. The topological polar surface area (TPSA) is 47.9 Å². The Morgan fingerprint density at radius 2 is 1.88 bits per heavy atom. The first-order chi connectivity index (χ1) is 11.2. The average molecular weight is 328 g/mol. The van der Waals surface area contributed by atoms with Gasteiger partial charge in [-0.15, -0.1) is 0 Å². The van der Waals surface area contributed by atoms with Crippen molar-refractivity contribution >= 4 is 12.6 Å². The summed E-state index contributed by atoms with van der Waals surface area (Å²) in [5.74, 6) is 0.436. The van der Waals surface area contributed by atoms with Crippen LogP contribution in [0.4, 0.5) is 0 Å². The highest BCUT2D eigenvalue weighted by Gasteiger charge is 2.51. The van der Waals surface area contributed by atoms with E-state index in [1.807, 2.05) is 39.8 Å². The molecule has 4 nitrogen and oxygen atoms in total. The minimum Gasteiger partial charge on any atom is -0.504 e. The van der Waals surface area contributed by atoms with Crippen LogP contribution in [0, 0.1) is 0 Å². The molecule has 0 bridgehead atoms. The fourth-order valence-electron chi connectivity index (χ4n) is 2.20. The fraction of sp³-hybridized carbons (Fsp3) is 0.368. The van der Waals surface area contributed by atoms with Crippen molar-refractivity contribution in [2.75, 3.05) is 6.61 Å². The highest BCUT2D eigenvalue weighted by Crippen LogP contribution is 2.37. The van der Waals surface area contributed by atoms with Crippen molar-refractivity contribution < 1.29 is 19.2 Å². The zero-order valence-corrected chi connectivity index (χ0v) is 14.8. The highest BCUT2D eigenvalue weighted by atomic mass is 16.7. The molecule has 0 aliphatic carbocycles. The first-order valence-corrected chi connectivity index (χ1v) is 7.94. The summed E-state index contributed by atoms with van der Waals surface area (Å²) in [4.78, 5) is 0. The van der Waals surface area contributed by atoms with E-state index in [0.29, 0.717) is 5.75 Å². The molecular weight excluding hydrogens is 303 g/mol. The standard InChI is InChI=1S/C19H25BO4/c1-7-8-9-14(2)13-22-17-11-10-15(12-16(17)21)20-23-18(3,4)19(5,6)24-20/h7-12,21H,1-2,13H2,3-6H3/b9-8-. The Labute approximate surface area is 144 Å². The van der Waals surface area contributed by atoms with Gasteiger partial charge < -0.3 is 19.2 Å². The molecule has 1 aromatic carbocycles. The van der Waals surface area contributed by atoms with Gasteiger partial charge >= 0.3 is 7.12 Å². The van der Waals surface area contributed by atoms with Gasteiger partial charge in [0.2, 0.25) is 0 Å². The van der Waals surface area contributed by atoms with Crippen LogP contribution >= 0.6 is 0 Å². The lowest BCUT2D eigenvalue weighted by atomic mass is 9.79. The van der Waals surface area contributed by atoms with Crippen LogP contribution in [0.25, 0.3) is 0 Å². The second kappa shape index (κ2) is 6.87. The van der Waals surface area contributed by atoms with Gasteiger partial charge in [0.25, 0.3) is 0 Å². The van der Waals surface area contributed by atoms with Crippen LogP contribution < -0.4 is 10.2 Å². The molecule has 0 spiro atoms. The molecule has 5 heteroatoms. The van der Waals surface area contributed by atoms with E-state index in [4.69, 9.17) is 14.0 Å². The molecular formula is C19H25BO4. The number of phenolic OH excluding ortho intramolecular Hbond substituents is 1. The Morgan fingerprint density at radius 1 is 1.25 bits per heavy atom. The maximum absolute atomic E-state index is 10.2. The molecule has 1 N–H and O–H groups in total. The van der Waals surface area contributed by atoms with Gasteiger partial charge in [-0.3, -0.25) is 0 Å². The minimum absolute atomic E-state index is 0.0442. The molecule has 1 fully saturated rings. The van der Waals surface area contributed by atoms with Crippen LogP contribution in [0.15, 0.2) is 55.2 Å². The lowest BCUT2D eigenvalue weighted by molar-refractivity contribution is 0.00578. The average Bonchev–Trinajstić information content (AvgIpc) is 2.72. The summed E-state index contributed by atoms with van der Waals surface area (Å²) in [5.41, 5.74) is 0.697. The number of ether oxygens (including phenoxy) is 1. The van der Waals surface area contributed by atoms with Crippen molar-refractivity contribution in [3.63, 3.8) is 0 Å². The Balaban J connectivity index is 2.07. The van der Waals surface area contributed by atoms with Crippen LogP contribution in [-0.4, -0.2) is 30.0 Å². The second-order valence-electron chi connectivity index (χ2n) is 6.86. The molecule has 1 heterocycles. The Morgan fingerprint density at radius 3 is 2.42 bits per heavy atom. The van der Waals surface area contributed by atoms with Crippen LogP contribution in [0.1, 0.15) is 27.7 Å². The summed E-state index contributed by atoms with van der Waals surface area (Å²) >= 11 is 0. The zero-order chi connectivity index (χ0) is 18.0. The van der Waals surface area contributed by atoms with Gasteiger partial charge in [0.1, 0.15) is 6.61 Å². The van der Waals surface area contributed by atoms with E-state index in [9.17, 15) is 5.11 Å². The first kappa shape index (κ1) is 18.4. The smallest absolute Gasteiger partial charge is 0.494 e. The maximum Gasteiger partial charge on any atom is 0.494 e. The molecule has 0 radical (unpaired) electrons. The molecule has 1 aliphatic heterocycles.